The molecule has 0 aromatic heterocycles. The first-order valence-corrected chi connectivity index (χ1v) is 6.97. The molecule has 3 nitrogen and oxygen atoms in total. The Balaban J connectivity index is 2.14. The highest BCUT2D eigenvalue weighted by atomic mass is 127. The van der Waals surface area contributed by atoms with Gasteiger partial charge in [0.05, 0.1) is 11.3 Å². The van der Waals surface area contributed by atoms with Crippen LogP contribution in [0.15, 0.2) is 18.2 Å². The smallest absolute Gasteiger partial charge is 0.337 e. The predicted octanol–water partition coefficient (Wildman–Crippen LogP) is 3.23. The van der Waals surface area contributed by atoms with Crippen LogP contribution in [-0.4, -0.2) is 24.2 Å². The zero-order valence-electron chi connectivity index (χ0n) is 9.82. The van der Waals surface area contributed by atoms with Gasteiger partial charge in [-0.2, -0.15) is 0 Å². The molecule has 0 aliphatic carbocycles. The molecule has 1 aromatic rings. The van der Waals surface area contributed by atoms with Gasteiger partial charge in [0.25, 0.3) is 0 Å². The molecule has 2 rings (SSSR count). The Morgan fingerprint density at radius 2 is 2.24 bits per heavy atom. The lowest BCUT2D eigenvalue weighted by atomic mass is 9.93. The standard InChI is InChI=1S/C13H16INO2/c1-2-3-9-7-15(8-9)12-5-4-10(14)6-11(12)13(16)17/h4-6,9H,2-3,7-8H2,1H3,(H,16,17). The van der Waals surface area contributed by atoms with Gasteiger partial charge in [-0.25, -0.2) is 4.79 Å². The van der Waals surface area contributed by atoms with Crippen molar-refractivity contribution in [2.75, 3.05) is 18.0 Å². The van der Waals surface area contributed by atoms with Crippen LogP contribution in [0.25, 0.3) is 0 Å². The molecule has 1 saturated heterocycles. The molecule has 0 saturated carbocycles. The minimum absolute atomic E-state index is 0.423. The molecule has 1 aliphatic rings. The van der Waals surface area contributed by atoms with E-state index in [1.54, 1.807) is 6.07 Å². The molecular formula is C13H16INO2. The summed E-state index contributed by atoms with van der Waals surface area (Å²) in [6, 6.07) is 5.63. The van der Waals surface area contributed by atoms with Crippen molar-refractivity contribution in [2.24, 2.45) is 5.92 Å². The van der Waals surface area contributed by atoms with Crippen molar-refractivity contribution < 1.29 is 9.90 Å². The van der Waals surface area contributed by atoms with E-state index in [-0.39, 0.29) is 0 Å². The van der Waals surface area contributed by atoms with Crippen LogP contribution in [0.3, 0.4) is 0 Å². The van der Waals surface area contributed by atoms with E-state index in [0.717, 1.165) is 28.3 Å². The van der Waals surface area contributed by atoms with Crippen molar-refractivity contribution in [3.05, 3.63) is 27.3 Å². The van der Waals surface area contributed by atoms with E-state index < -0.39 is 5.97 Å². The molecule has 0 radical (unpaired) electrons. The summed E-state index contributed by atoms with van der Waals surface area (Å²) in [5.74, 6) is -0.0987. The lowest BCUT2D eigenvalue weighted by molar-refractivity contribution is 0.0697. The fraction of sp³-hybridized carbons (Fsp3) is 0.462. The Hall–Kier alpha value is -0.780. The fourth-order valence-corrected chi connectivity index (χ4v) is 2.80. The van der Waals surface area contributed by atoms with Crippen molar-refractivity contribution in [2.45, 2.75) is 19.8 Å². The maximum absolute atomic E-state index is 11.2. The highest BCUT2D eigenvalue weighted by molar-refractivity contribution is 14.1. The van der Waals surface area contributed by atoms with Gasteiger partial charge in [0.1, 0.15) is 0 Å². The number of carboxylic acid groups (broad SMARTS) is 1. The first-order chi connectivity index (χ1) is 8.11. The molecule has 17 heavy (non-hydrogen) atoms. The Kier molecular flexibility index (Phi) is 3.91. The third kappa shape index (κ3) is 2.73. The Morgan fingerprint density at radius 1 is 1.53 bits per heavy atom. The predicted molar refractivity (Wildman–Crippen MR) is 76.7 cm³/mol. The highest BCUT2D eigenvalue weighted by Crippen LogP contribution is 2.31. The molecule has 1 fully saturated rings. The number of halogens is 1. The first kappa shape index (κ1) is 12.7. The minimum Gasteiger partial charge on any atom is -0.478 e. The van der Waals surface area contributed by atoms with Gasteiger partial charge in [0, 0.05) is 16.7 Å². The number of hydrogen-bond acceptors (Lipinski definition) is 2. The molecule has 1 aliphatic heterocycles. The number of aromatic carboxylic acids is 1. The maximum atomic E-state index is 11.2. The van der Waals surface area contributed by atoms with Crippen molar-refractivity contribution in [3.8, 4) is 0 Å². The number of rotatable bonds is 4. The van der Waals surface area contributed by atoms with Crippen LogP contribution in [-0.2, 0) is 0 Å². The molecule has 92 valence electrons. The molecule has 1 N–H and O–H groups in total. The summed E-state index contributed by atoms with van der Waals surface area (Å²) in [4.78, 5) is 13.4. The lowest BCUT2D eigenvalue weighted by Gasteiger charge is -2.41. The Labute approximate surface area is 115 Å². The van der Waals surface area contributed by atoms with Crippen molar-refractivity contribution >= 4 is 34.2 Å². The summed E-state index contributed by atoms with van der Waals surface area (Å²) < 4.78 is 0.967. The first-order valence-electron chi connectivity index (χ1n) is 5.89. The second kappa shape index (κ2) is 5.25. The van der Waals surface area contributed by atoms with E-state index >= 15 is 0 Å². The summed E-state index contributed by atoms with van der Waals surface area (Å²) in [6.07, 6.45) is 2.44. The summed E-state index contributed by atoms with van der Waals surface area (Å²) in [6.45, 7) is 4.18. The van der Waals surface area contributed by atoms with Gasteiger partial charge in [0.15, 0.2) is 0 Å². The summed E-state index contributed by atoms with van der Waals surface area (Å²) in [7, 11) is 0. The minimum atomic E-state index is -0.836. The average molecular weight is 345 g/mol. The van der Waals surface area contributed by atoms with Crippen LogP contribution < -0.4 is 4.90 Å². The number of carboxylic acids is 1. The van der Waals surface area contributed by atoms with E-state index in [9.17, 15) is 9.90 Å². The van der Waals surface area contributed by atoms with Gasteiger partial charge in [-0.05, 0) is 53.1 Å². The quantitative estimate of drug-likeness (QED) is 0.852. The second-order valence-electron chi connectivity index (χ2n) is 4.53. The van der Waals surface area contributed by atoms with Crippen LogP contribution in [0.1, 0.15) is 30.1 Å². The number of benzene rings is 1. The molecular weight excluding hydrogens is 329 g/mol. The van der Waals surface area contributed by atoms with Gasteiger partial charge in [-0.3, -0.25) is 0 Å². The molecule has 0 amide bonds. The van der Waals surface area contributed by atoms with Crippen molar-refractivity contribution in [1.29, 1.82) is 0 Å². The lowest BCUT2D eigenvalue weighted by Crippen LogP contribution is -2.47. The molecule has 1 aromatic carbocycles. The number of nitrogens with zero attached hydrogens (tertiary/aromatic N) is 1. The Morgan fingerprint density at radius 3 is 2.82 bits per heavy atom. The van der Waals surface area contributed by atoms with Crippen LogP contribution in [0.5, 0.6) is 0 Å². The van der Waals surface area contributed by atoms with Crippen molar-refractivity contribution in [3.63, 3.8) is 0 Å². The van der Waals surface area contributed by atoms with Gasteiger partial charge in [-0.1, -0.05) is 13.3 Å². The molecule has 0 spiro atoms. The summed E-state index contributed by atoms with van der Waals surface area (Å²) in [5.41, 5.74) is 1.29. The topological polar surface area (TPSA) is 40.5 Å². The average Bonchev–Trinajstić information content (AvgIpc) is 2.23. The number of anilines is 1. The largest absolute Gasteiger partial charge is 0.478 e. The highest BCUT2D eigenvalue weighted by Gasteiger charge is 2.28. The number of hydrogen-bond donors (Lipinski definition) is 1. The van der Waals surface area contributed by atoms with Gasteiger partial charge in [0.2, 0.25) is 0 Å². The SMILES string of the molecule is CCCC1CN(c2ccc(I)cc2C(=O)O)C1. The van der Waals surface area contributed by atoms with E-state index in [0.29, 0.717) is 5.56 Å². The fourth-order valence-electron chi connectivity index (χ4n) is 2.31. The van der Waals surface area contributed by atoms with Gasteiger partial charge in [-0.15, -0.1) is 0 Å². The Bertz CT molecular complexity index is 427. The van der Waals surface area contributed by atoms with E-state index in [4.69, 9.17) is 0 Å². The van der Waals surface area contributed by atoms with Crippen LogP contribution >= 0.6 is 22.6 Å². The number of carbonyl (C=O) groups is 1. The van der Waals surface area contributed by atoms with Gasteiger partial charge < -0.3 is 10.0 Å². The molecule has 0 unspecified atom stereocenters. The summed E-state index contributed by atoms with van der Waals surface area (Å²) >= 11 is 2.14. The third-order valence-electron chi connectivity index (χ3n) is 3.18. The van der Waals surface area contributed by atoms with Crippen LogP contribution in [0, 0.1) is 9.49 Å². The van der Waals surface area contributed by atoms with E-state index in [1.165, 1.54) is 12.8 Å². The maximum Gasteiger partial charge on any atom is 0.337 e. The molecule has 0 bridgehead atoms. The van der Waals surface area contributed by atoms with Crippen LogP contribution in [0.4, 0.5) is 5.69 Å². The summed E-state index contributed by atoms with van der Waals surface area (Å²) in [5, 5.41) is 9.20. The third-order valence-corrected chi connectivity index (χ3v) is 3.85. The van der Waals surface area contributed by atoms with E-state index in [2.05, 4.69) is 34.4 Å². The molecule has 4 heteroatoms. The second-order valence-corrected chi connectivity index (χ2v) is 5.77. The zero-order valence-corrected chi connectivity index (χ0v) is 12.0. The normalized spacial score (nSPS) is 15.8. The monoisotopic (exact) mass is 345 g/mol. The zero-order chi connectivity index (χ0) is 12.4. The molecule has 1 heterocycles. The van der Waals surface area contributed by atoms with Crippen LogP contribution in [0.2, 0.25) is 0 Å². The van der Waals surface area contributed by atoms with Gasteiger partial charge >= 0.3 is 5.97 Å². The van der Waals surface area contributed by atoms with Crippen molar-refractivity contribution in [1.82, 2.24) is 0 Å². The molecule has 0 atom stereocenters. The van der Waals surface area contributed by atoms with E-state index in [1.807, 2.05) is 12.1 Å².